The maximum atomic E-state index is 9.68. The number of hydrogen-bond donors (Lipinski definition) is 2. The monoisotopic (exact) mass is 328 g/mol. The Balaban J connectivity index is 3.03. The molecule has 140 valence electrons. The van der Waals surface area contributed by atoms with E-state index in [1.165, 1.54) is 103 Å². The predicted octanol–water partition coefficient (Wildman–Crippen LogP) is 5.63. The van der Waals surface area contributed by atoms with Crippen LogP contribution in [0.3, 0.4) is 0 Å². The van der Waals surface area contributed by atoms with Crippen molar-refractivity contribution in [2.75, 3.05) is 0 Å². The zero-order valence-electron chi connectivity index (χ0n) is 16.3. The van der Waals surface area contributed by atoms with E-state index in [4.69, 9.17) is 0 Å². The van der Waals surface area contributed by atoms with Gasteiger partial charge in [-0.05, 0) is 13.3 Å². The Morgan fingerprint density at radius 2 is 0.913 bits per heavy atom. The van der Waals surface area contributed by atoms with Gasteiger partial charge in [0.15, 0.2) is 0 Å². The van der Waals surface area contributed by atoms with Gasteiger partial charge >= 0.3 is 0 Å². The molecule has 0 heterocycles. The summed E-state index contributed by atoms with van der Waals surface area (Å²) in [7, 11) is 0. The van der Waals surface area contributed by atoms with Crippen LogP contribution in [-0.2, 0) is 0 Å². The molecule has 0 fully saturated rings. The van der Waals surface area contributed by atoms with Crippen LogP contribution in [-0.4, -0.2) is 17.3 Å². The van der Waals surface area contributed by atoms with E-state index in [1.807, 2.05) is 6.92 Å². The molecule has 0 saturated heterocycles. The Hall–Kier alpha value is -0.0800. The number of rotatable bonds is 18. The van der Waals surface area contributed by atoms with Crippen LogP contribution >= 0.6 is 0 Å². The molecule has 0 amide bonds. The summed E-state index contributed by atoms with van der Waals surface area (Å²) >= 11 is 0. The van der Waals surface area contributed by atoms with E-state index < -0.39 is 0 Å². The summed E-state index contributed by atoms with van der Waals surface area (Å²) in [5.41, 5.74) is 3.88. The van der Waals surface area contributed by atoms with Crippen LogP contribution in [0.1, 0.15) is 123 Å². The van der Waals surface area contributed by atoms with Gasteiger partial charge in [-0.25, -0.2) is 0 Å². The summed E-state index contributed by atoms with van der Waals surface area (Å²) in [5, 5.41) is 9.68. The van der Waals surface area contributed by atoms with Gasteiger partial charge in [0.25, 0.3) is 0 Å². The van der Waals surface area contributed by atoms with Crippen molar-refractivity contribution in [1.82, 2.24) is 0 Å². The van der Waals surface area contributed by atoms with Crippen LogP contribution in [0.2, 0.25) is 0 Å². The highest BCUT2D eigenvalue weighted by Crippen LogP contribution is 2.14. The highest BCUT2D eigenvalue weighted by atomic mass is 16.3. The van der Waals surface area contributed by atoms with E-state index >= 15 is 0 Å². The molecule has 23 heavy (non-hydrogen) atoms. The molecule has 0 aliphatic rings. The Kier molecular flexibility index (Phi) is 18.2. The van der Waals surface area contributed by atoms with Crippen LogP contribution in [0.4, 0.5) is 0 Å². The van der Waals surface area contributed by atoms with E-state index in [9.17, 15) is 5.11 Å². The fourth-order valence-electron chi connectivity index (χ4n) is 3.19. The third-order valence-electron chi connectivity index (χ3n) is 5.01. The fourth-order valence-corrected chi connectivity index (χ4v) is 3.19. The molecule has 0 unspecified atom stereocenters. The van der Waals surface area contributed by atoms with E-state index in [0.29, 0.717) is 0 Å². The highest BCUT2D eigenvalue weighted by Gasteiger charge is 2.11. The number of unbranched alkanes of at least 4 members (excludes halogenated alkanes) is 15. The molecule has 2 nitrogen and oxygen atoms in total. The van der Waals surface area contributed by atoms with Gasteiger partial charge in [0, 0.05) is 0 Å². The molecule has 0 saturated carbocycles. The van der Waals surface area contributed by atoms with Crippen molar-refractivity contribution < 1.29 is 10.8 Å². The normalized spacial score (nSPS) is 14.1. The van der Waals surface area contributed by atoms with Gasteiger partial charge in [-0.3, -0.25) is 0 Å². The van der Waals surface area contributed by atoms with Gasteiger partial charge in [0.2, 0.25) is 0 Å². The average Bonchev–Trinajstić information content (AvgIpc) is 2.54. The lowest BCUT2D eigenvalue weighted by atomic mass is 10.0. The molecule has 0 aromatic rings. The van der Waals surface area contributed by atoms with Crippen LogP contribution in [0.15, 0.2) is 0 Å². The summed E-state index contributed by atoms with van der Waals surface area (Å²) in [6.07, 6.45) is 23.2. The second-order valence-electron chi connectivity index (χ2n) is 7.64. The van der Waals surface area contributed by atoms with Crippen LogP contribution < -0.4 is 5.73 Å². The van der Waals surface area contributed by atoms with E-state index in [2.05, 4.69) is 12.7 Å². The van der Waals surface area contributed by atoms with E-state index in [1.54, 1.807) is 0 Å². The minimum Gasteiger partial charge on any atom is -0.387 e. The molecule has 0 radical (unpaired) electrons. The molecular weight excluding hydrogens is 282 g/mol. The predicted molar refractivity (Wildman–Crippen MR) is 103 cm³/mol. The van der Waals surface area contributed by atoms with Crippen LogP contribution in [0.25, 0.3) is 0 Å². The van der Waals surface area contributed by atoms with Gasteiger partial charge in [-0.1, -0.05) is 110 Å². The summed E-state index contributed by atoms with van der Waals surface area (Å²) < 4.78 is 0. The van der Waals surface area contributed by atoms with Gasteiger partial charge in [-0.15, -0.1) is 0 Å². The SMILES string of the molecule is CCCCCCCCCCCCCCCCCC[C@@H](O)[C@H](C)[NH3+]. The lowest BCUT2D eigenvalue weighted by molar-refractivity contribution is -0.432. The van der Waals surface area contributed by atoms with Gasteiger partial charge < -0.3 is 10.8 Å². The molecule has 0 bridgehead atoms. The minimum absolute atomic E-state index is 0.173. The topological polar surface area (TPSA) is 47.9 Å². The molecule has 0 spiro atoms. The van der Waals surface area contributed by atoms with Crippen molar-refractivity contribution >= 4 is 0 Å². The maximum absolute atomic E-state index is 9.68. The number of hydrogen-bond acceptors (Lipinski definition) is 1. The smallest absolute Gasteiger partial charge is 0.108 e. The first-order valence-corrected chi connectivity index (χ1v) is 10.7. The first kappa shape index (κ1) is 22.9. The summed E-state index contributed by atoms with van der Waals surface area (Å²) in [5.74, 6) is 0. The lowest BCUT2D eigenvalue weighted by Gasteiger charge is -2.11. The summed E-state index contributed by atoms with van der Waals surface area (Å²) in [6.45, 7) is 4.28. The van der Waals surface area contributed by atoms with Crippen molar-refractivity contribution in [3.8, 4) is 0 Å². The van der Waals surface area contributed by atoms with Crippen molar-refractivity contribution in [3.63, 3.8) is 0 Å². The number of quaternary nitrogens is 1. The third-order valence-corrected chi connectivity index (χ3v) is 5.01. The van der Waals surface area contributed by atoms with Gasteiger partial charge in [0.05, 0.1) is 0 Å². The van der Waals surface area contributed by atoms with Crippen LogP contribution in [0.5, 0.6) is 0 Å². The molecule has 0 aliphatic heterocycles. The number of aliphatic hydroxyl groups excluding tert-OH is 1. The molecule has 2 heteroatoms. The Labute approximate surface area is 146 Å². The molecule has 0 aromatic carbocycles. The van der Waals surface area contributed by atoms with E-state index in [0.717, 1.165) is 6.42 Å². The molecular formula is C21H46NO+. The van der Waals surface area contributed by atoms with Crippen molar-refractivity contribution in [2.45, 2.75) is 135 Å². The first-order chi connectivity index (χ1) is 11.2. The van der Waals surface area contributed by atoms with Gasteiger partial charge in [-0.2, -0.15) is 0 Å². The molecule has 0 aromatic heterocycles. The van der Waals surface area contributed by atoms with Crippen molar-refractivity contribution in [1.29, 1.82) is 0 Å². The Morgan fingerprint density at radius 1 is 0.609 bits per heavy atom. The molecule has 2 atom stereocenters. The Morgan fingerprint density at radius 3 is 1.22 bits per heavy atom. The first-order valence-electron chi connectivity index (χ1n) is 10.7. The van der Waals surface area contributed by atoms with Crippen molar-refractivity contribution in [2.24, 2.45) is 0 Å². The van der Waals surface area contributed by atoms with Crippen LogP contribution in [0, 0.1) is 0 Å². The fraction of sp³-hybridized carbons (Fsp3) is 1.00. The summed E-state index contributed by atoms with van der Waals surface area (Å²) in [4.78, 5) is 0. The summed E-state index contributed by atoms with van der Waals surface area (Å²) in [6, 6.07) is 0.173. The standard InChI is InChI=1S/C21H45NO/c1-3-4-5-6-7-8-9-10-11-12-13-14-15-16-17-18-19-21(23)20(2)22/h20-21,23H,3-19,22H2,1-2H3/p+1/t20-,21+/m0/s1. The zero-order chi connectivity index (χ0) is 17.2. The largest absolute Gasteiger partial charge is 0.387 e. The van der Waals surface area contributed by atoms with E-state index in [-0.39, 0.29) is 12.1 Å². The minimum atomic E-state index is -0.193. The maximum Gasteiger partial charge on any atom is 0.108 e. The number of aliphatic hydroxyl groups is 1. The highest BCUT2D eigenvalue weighted by molar-refractivity contribution is 4.60. The second-order valence-corrected chi connectivity index (χ2v) is 7.64. The lowest BCUT2D eigenvalue weighted by Crippen LogP contribution is -2.64. The van der Waals surface area contributed by atoms with Gasteiger partial charge in [0.1, 0.15) is 12.1 Å². The average molecular weight is 329 g/mol. The third kappa shape index (κ3) is 18.1. The Bertz CT molecular complexity index is 218. The quantitative estimate of drug-likeness (QED) is 0.315. The zero-order valence-corrected chi connectivity index (χ0v) is 16.3. The molecule has 0 rings (SSSR count). The molecule has 0 aliphatic carbocycles. The molecule has 4 N–H and O–H groups in total. The second kappa shape index (κ2) is 18.3. The van der Waals surface area contributed by atoms with Crippen molar-refractivity contribution in [3.05, 3.63) is 0 Å².